The molecule has 1 heterocycles. The lowest BCUT2D eigenvalue weighted by molar-refractivity contribution is -0.132. The normalized spacial score (nSPS) is 16.3. The number of hydrogen-bond acceptors (Lipinski definition) is 4. The maximum absolute atomic E-state index is 15.0. The van der Waals surface area contributed by atoms with Crippen LogP contribution >= 0.6 is 0 Å². The van der Waals surface area contributed by atoms with Crippen molar-refractivity contribution in [2.75, 3.05) is 13.6 Å². The van der Waals surface area contributed by atoms with E-state index in [9.17, 15) is 9.59 Å². The van der Waals surface area contributed by atoms with Gasteiger partial charge in [-0.15, -0.1) is 0 Å². The first-order valence-corrected chi connectivity index (χ1v) is 13.0. The minimum atomic E-state index is -1.06. The van der Waals surface area contributed by atoms with Crippen molar-refractivity contribution in [3.63, 3.8) is 0 Å². The van der Waals surface area contributed by atoms with Crippen molar-refractivity contribution in [2.24, 2.45) is 4.99 Å². The largest absolute Gasteiger partial charge is 0.478 e. The van der Waals surface area contributed by atoms with Crippen LogP contribution in [-0.4, -0.2) is 46.6 Å². The quantitative estimate of drug-likeness (QED) is 0.225. The molecule has 1 aliphatic rings. The van der Waals surface area contributed by atoms with E-state index in [0.717, 1.165) is 24.1 Å². The topological polar surface area (TPSA) is 73.2 Å². The highest BCUT2D eigenvalue weighted by Crippen LogP contribution is 2.29. The van der Waals surface area contributed by atoms with Gasteiger partial charge in [-0.1, -0.05) is 56.0 Å². The van der Waals surface area contributed by atoms with E-state index in [0.29, 0.717) is 23.5 Å². The van der Waals surface area contributed by atoms with Crippen LogP contribution < -0.4 is 0 Å². The highest BCUT2D eigenvalue weighted by Gasteiger charge is 2.26. The molecule has 7 heteroatoms. The number of carboxylic acid groups (broad SMARTS) is 1. The number of benzene rings is 2. The fourth-order valence-corrected chi connectivity index (χ4v) is 4.70. The van der Waals surface area contributed by atoms with Crippen LogP contribution in [0.5, 0.6) is 0 Å². The number of nitrogens with zero attached hydrogens (tertiary/aromatic N) is 3. The first-order chi connectivity index (χ1) is 18.6. The molecule has 1 N–H and O–H groups in total. The van der Waals surface area contributed by atoms with E-state index in [1.165, 1.54) is 30.8 Å². The zero-order valence-electron chi connectivity index (χ0n) is 23.2. The third-order valence-corrected chi connectivity index (χ3v) is 7.02. The summed E-state index contributed by atoms with van der Waals surface area (Å²) in [5.41, 5.74) is 4.54. The van der Waals surface area contributed by atoms with Gasteiger partial charge in [0.2, 0.25) is 0 Å². The second-order valence-corrected chi connectivity index (χ2v) is 9.51. The maximum atomic E-state index is 15.0. The summed E-state index contributed by atoms with van der Waals surface area (Å²) in [4.78, 5) is 32.5. The third-order valence-electron chi connectivity index (χ3n) is 7.02. The van der Waals surface area contributed by atoms with Crippen LogP contribution in [0.15, 0.2) is 83.3 Å². The molecule has 2 aromatic carbocycles. The summed E-state index contributed by atoms with van der Waals surface area (Å²) in [6, 6.07) is 12.6. The predicted molar refractivity (Wildman–Crippen MR) is 155 cm³/mol. The Morgan fingerprint density at radius 3 is 2.62 bits per heavy atom. The van der Waals surface area contributed by atoms with Crippen LogP contribution in [-0.2, 0) is 16.0 Å². The Bertz CT molecular complexity index is 1390. The first kappa shape index (κ1) is 29.3. The average Bonchev–Trinajstić information content (AvgIpc) is 2.91. The van der Waals surface area contributed by atoms with Crippen LogP contribution in [0.25, 0.3) is 11.6 Å². The van der Waals surface area contributed by atoms with Gasteiger partial charge in [0, 0.05) is 30.4 Å². The lowest BCUT2D eigenvalue weighted by Gasteiger charge is -2.34. The molecule has 204 valence electrons. The second-order valence-electron chi connectivity index (χ2n) is 9.51. The van der Waals surface area contributed by atoms with E-state index in [4.69, 9.17) is 5.11 Å². The van der Waals surface area contributed by atoms with Gasteiger partial charge in [-0.25, -0.2) is 14.2 Å². The summed E-state index contributed by atoms with van der Waals surface area (Å²) >= 11 is 0. The molecular weight excluding hydrogens is 493 g/mol. The number of carbonyl (C=O) groups is 2. The molecule has 0 aromatic heterocycles. The molecule has 39 heavy (non-hydrogen) atoms. The minimum absolute atomic E-state index is 0.0674. The third kappa shape index (κ3) is 6.99. The number of allylic oxidation sites excluding steroid dienone is 4. The van der Waals surface area contributed by atoms with E-state index < -0.39 is 11.8 Å². The lowest BCUT2D eigenvalue weighted by Crippen LogP contribution is -2.39. The van der Waals surface area contributed by atoms with E-state index in [2.05, 4.69) is 23.7 Å². The molecule has 0 saturated heterocycles. The van der Waals surface area contributed by atoms with Crippen LogP contribution in [0, 0.1) is 5.82 Å². The number of aliphatic imine (C=N–C) groups is 1. The van der Waals surface area contributed by atoms with Crippen molar-refractivity contribution in [3.8, 4) is 0 Å². The van der Waals surface area contributed by atoms with Crippen molar-refractivity contribution < 1.29 is 19.1 Å². The van der Waals surface area contributed by atoms with Gasteiger partial charge in [-0.2, -0.15) is 0 Å². The van der Waals surface area contributed by atoms with Gasteiger partial charge in [0.25, 0.3) is 5.91 Å². The average molecular weight is 530 g/mol. The molecule has 1 amide bonds. The van der Waals surface area contributed by atoms with Crippen molar-refractivity contribution in [3.05, 3.63) is 106 Å². The van der Waals surface area contributed by atoms with Gasteiger partial charge >= 0.3 is 5.97 Å². The van der Waals surface area contributed by atoms with Gasteiger partial charge in [-0.3, -0.25) is 4.79 Å². The van der Waals surface area contributed by atoms with Gasteiger partial charge in [0.15, 0.2) is 0 Å². The Labute approximate surface area is 230 Å². The van der Waals surface area contributed by atoms with Gasteiger partial charge in [-0.05, 0) is 74.1 Å². The van der Waals surface area contributed by atoms with Crippen molar-refractivity contribution in [1.82, 2.24) is 9.80 Å². The molecule has 6 nitrogen and oxygen atoms in total. The number of hydrogen-bond donors (Lipinski definition) is 1. The fraction of sp³-hybridized carbons (Fsp3) is 0.281. The predicted octanol–water partition coefficient (Wildman–Crippen LogP) is 6.63. The Morgan fingerprint density at radius 1 is 1.26 bits per heavy atom. The summed E-state index contributed by atoms with van der Waals surface area (Å²) in [5, 5.41) is 9.09. The number of aliphatic carboxylic acids is 1. The maximum Gasteiger partial charge on any atom is 0.331 e. The SMILES string of the molecule is C=C(/C=C(/N=CC(=O)N1CCc2ccccc2C1C)N(C)/C(=C\C)CC)c1ccc(/C=C(\C)C(=O)O)cc1F. The fourth-order valence-electron chi connectivity index (χ4n) is 4.70. The summed E-state index contributed by atoms with van der Waals surface area (Å²) in [6.45, 7) is 12.1. The summed E-state index contributed by atoms with van der Waals surface area (Å²) in [7, 11) is 1.85. The molecule has 0 aliphatic carbocycles. The number of fused-ring (bicyclic) bond motifs is 1. The van der Waals surface area contributed by atoms with E-state index >= 15 is 4.39 Å². The summed E-state index contributed by atoms with van der Waals surface area (Å²) in [5.74, 6) is -1.35. The molecule has 0 fully saturated rings. The molecule has 0 radical (unpaired) electrons. The van der Waals surface area contributed by atoms with Crippen LogP contribution in [0.4, 0.5) is 4.39 Å². The Balaban J connectivity index is 1.91. The first-order valence-electron chi connectivity index (χ1n) is 13.0. The molecule has 0 bridgehead atoms. The van der Waals surface area contributed by atoms with Crippen molar-refractivity contribution in [2.45, 2.75) is 46.6 Å². The lowest BCUT2D eigenvalue weighted by atomic mass is 9.94. The van der Waals surface area contributed by atoms with Gasteiger partial charge < -0.3 is 14.9 Å². The number of rotatable bonds is 9. The molecule has 3 rings (SSSR count). The van der Waals surface area contributed by atoms with Gasteiger partial charge in [0.05, 0.1) is 12.3 Å². The Morgan fingerprint density at radius 2 is 1.97 bits per heavy atom. The van der Waals surface area contributed by atoms with E-state index in [1.54, 1.807) is 23.1 Å². The summed E-state index contributed by atoms with van der Waals surface area (Å²) in [6.07, 6.45) is 7.86. The standard InChI is InChI=1S/C32H36FN3O3/c1-7-26(8-2)35(6)30(18-21(3)27-14-13-24(19-29(27)33)17-22(4)32(38)39)34-20-31(37)36-16-15-25-11-9-10-12-28(25)23(36)5/h7,9-14,17-20,23H,3,8,15-16H2,1-2,4-6H3,(H,38,39)/b22-17+,26-7-,30-18-,34-20?. The number of halogens is 1. The van der Waals surface area contributed by atoms with Crippen molar-refractivity contribution in [1.29, 1.82) is 0 Å². The highest BCUT2D eigenvalue weighted by atomic mass is 19.1. The second kappa shape index (κ2) is 13.0. The van der Waals surface area contributed by atoms with Crippen LogP contribution in [0.2, 0.25) is 0 Å². The van der Waals surface area contributed by atoms with Gasteiger partial charge in [0.1, 0.15) is 11.6 Å². The zero-order chi connectivity index (χ0) is 28.7. The molecular formula is C32H36FN3O3. The van der Waals surface area contributed by atoms with Crippen LogP contribution in [0.3, 0.4) is 0 Å². The number of amides is 1. The van der Waals surface area contributed by atoms with Crippen molar-refractivity contribution >= 4 is 29.7 Å². The Hall–Kier alpha value is -4.26. The molecule has 0 saturated carbocycles. The zero-order valence-corrected chi connectivity index (χ0v) is 23.2. The molecule has 1 aliphatic heterocycles. The molecule has 2 aromatic rings. The summed E-state index contributed by atoms with van der Waals surface area (Å²) < 4.78 is 15.0. The molecule has 0 spiro atoms. The number of carboxylic acids is 1. The number of carbonyl (C=O) groups excluding carboxylic acids is 1. The van der Waals surface area contributed by atoms with Crippen LogP contribution in [0.1, 0.15) is 62.4 Å². The van der Waals surface area contributed by atoms with E-state index in [1.807, 2.05) is 50.9 Å². The highest BCUT2D eigenvalue weighted by molar-refractivity contribution is 6.26. The Kier molecular flexibility index (Phi) is 9.77. The monoisotopic (exact) mass is 529 g/mol. The molecule has 1 unspecified atom stereocenters. The van der Waals surface area contributed by atoms with E-state index in [-0.39, 0.29) is 23.1 Å². The molecule has 1 atom stereocenters. The minimum Gasteiger partial charge on any atom is -0.478 e. The smallest absolute Gasteiger partial charge is 0.331 e.